The zero-order chi connectivity index (χ0) is 22.9. The number of aliphatic carboxylic acids is 1. The van der Waals surface area contributed by atoms with E-state index in [2.05, 4.69) is 30.5 Å². The van der Waals surface area contributed by atoms with Crippen LogP contribution in [0.2, 0.25) is 0 Å². The number of furan rings is 1. The van der Waals surface area contributed by atoms with Crippen LogP contribution in [0.25, 0.3) is 17.2 Å². The number of ether oxygens (including phenoxy) is 1. The van der Waals surface area contributed by atoms with Crippen molar-refractivity contribution in [3.05, 3.63) is 66.6 Å². The number of rotatable bonds is 13. The van der Waals surface area contributed by atoms with Crippen LogP contribution in [0.4, 0.5) is 0 Å². The summed E-state index contributed by atoms with van der Waals surface area (Å²) in [5.74, 6) is 1.24. The lowest BCUT2D eigenvalue weighted by Gasteiger charge is -2.30. The predicted molar refractivity (Wildman–Crippen MR) is 122 cm³/mol. The highest BCUT2D eigenvalue weighted by atomic mass is 16.5. The van der Waals surface area contributed by atoms with E-state index in [1.165, 1.54) is 0 Å². The summed E-state index contributed by atoms with van der Waals surface area (Å²) in [6.45, 7) is 9.62. The Kier molecular flexibility index (Phi) is 8.14. The van der Waals surface area contributed by atoms with Crippen LogP contribution in [0.5, 0.6) is 5.75 Å². The van der Waals surface area contributed by atoms with Crippen molar-refractivity contribution in [1.82, 2.24) is 10.1 Å². The second-order valence-corrected chi connectivity index (χ2v) is 7.88. The molecule has 3 aromatic rings. The monoisotopic (exact) mass is 438 g/mol. The van der Waals surface area contributed by atoms with Crippen molar-refractivity contribution in [3.63, 3.8) is 0 Å². The van der Waals surface area contributed by atoms with E-state index in [0.29, 0.717) is 36.8 Å². The van der Waals surface area contributed by atoms with E-state index in [4.69, 9.17) is 18.8 Å². The standard InChI is InChI=1S/C25H30N2O5/c1-18(2)27(19(3)21-16-24(32-26-21)23-12-9-15-31-23)17-20-10-6-7-11-22(20)30-14-8-4-5-13-25(28)29/h6-7,9-12,15-16,18H,3-5,8,13-14,17H2,1-2H3,(H,28,29). The van der Waals surface area contributed by atoms with Gasteiger partial charge in [0.2, 0.25) is 5.76 Å². The summed E-state index contributed by atoms with van der Waals surface area (Å²) < 4.78 is 16.8. The molecule has 1 aromatic carbocycles. The third-order valence-corrected chi connectivity index (χ3v) is 5.15. The minimum atomic E-state index is -0.756. The van der Waals surface area contributed by atoms with Gasteiger partial charge in [0, 0.05) is 30.6 Å². The first-order valence-electron chi connectivity index (χ1n) is 10.8. The average Bonchev–Trinajstić information content (AvgIpc) is 3.46. The quantitative estimate of drug-likeness (QED) is 0.335. The maximum absolute atomic E-state index is 10.6. The molecule has 0 aliphatic carbocycles. The molecule has 0 aliphatic rings. The molecule has 2 aromatic heterocycles. The van der Waals surface area contributed by atoms with Gasteiger partial charge >= 0.3 is 5.97 Å². The van der Waals surface area contributed by atoms with Crippen molar-refractivity contribution < 1.29 is 23.6 Å². The molecule has 1 N–H and O–H groups in total. The van der Waals surface area contributed by atoms with E-state index < -0.39 is 5.97 Å². The second kappa shape index (κ2) is 11.2. The van der Waals surface area contributed by atoms with Crippen LogP contribution in [0.1, 0.15) is 50.8 Å². The van der Waals surface area contributed by atoms with E-state index >= 15 is 0 Å². The molecule has 7 heteroatoms. The van der Waals surface area contributed by atoms with Crippen molar-refractivity contribution in [1.29, 1.82) is 0 Å². The molecule has 2 heterocycles. The lowest BCUT2D eigenvalue weighted by molar-refractivity contribution is -0.137. The molecule has 0 bridgehead atoms. The lowest BCUT2D eigenvalue weighted by Crippen LogP contribution is -2.28. The Morgan fingerprint density at radius 3 is 2.69 bits per heavy atom. The SMILES string of the molecule is C=C(c1cc(-c2ccco2)on1)N(Cc1ccccc1OCCCCCC(=O)O)C(C)C. The summed E-state index contributed by atoms with van der Waals surface area (Å²) in [5, 5.41) is 12.9. The smallest absolute Gasteiger partial charge is 0.303 e. The van der Waals surface area contributed by atoms with Gasteiger partial charge in [0.15, 0.2) is 5.76 Å². The summed E-state index contributed by atoms with van der Waals surface area (Å²) in [6, 6.07) is 13.6. The highest BCUT2D eigenvalue weighted by molar-refractivity contribution is 5.66. The van der Waals surface area contributed by atoms with Crippen molar-refractivity contribution in [2.75, 3.05) is 6.61 Å². The lowest BCUT2D eigenvalue weighted by atomic mass is 10.1. The van der Waals surface area contributed by atoms with E-state index in [1.807, 2.05) is 36.4 Å². The van der Waals surface area contributed by atoms with E-state index in [1.54, 1.807) is 12.3 Å². The van der Waals surface area contributed by atoms with Gasteiger partial charge < -0.3 is 23.7 Å². The Hall–Kier alpha value is -3.48. The third kappa shape index (κ3) is 6.26. The highest BCUT2D eigenvalue weighted by Gasteiger charge is 2.20. The second-order valence-electron chi connectivity index (χ2n) is 7.88. The Labute approximate surface area is 188 Å². The molecule has 0 spiro atoms. The zero-order valence-electron chi connectivity index (χ0n) is 18.6. The van der Waals surface area contributed by atoms with Gasteiger partial charge in [-0.2, -0.15) is 0 Å². The average molecular weight is 439 g/mol. The van der Waals surface area contributed by atoms with Crippen LogP contribution in [-0.2, 0) is 11.3 Å². The fraction of sp³-hybridized carbons (Fsp3) is 0.360. The largest absolute Gasteiger partial charge is 0.493 e. The van der Waals surface area contributed by atoms with Crippen molar-refractivity contribution in [2.45, 2.75) is 52.1 Å². The number of nitrogens with zero attached hydrogens (tertiary/aromatic N) is 2. The summed E-state index contributed by atoms with van der Waals surface area (Å²) >= 11 is 0. The van der Waals surface area contributed by atoms with Gasteiger partial charge in [-0.1, -0.05) is 29.9 Å². The van der Waals surface area contributed by atoms with Crippen LogP contribution >= 0.6 is 0 Å². The summed E-state index contributed by atoms with van der Waals surface area (Å²) in [5.41, 5.74) is 2.45. The fourth-order valence-electron chi connectivity index (χ4n) is 3.38. The van der Waals surface area contributed by atoms with Crippen molar-refractivity contribution in [3.8, 4) is 17.3 Å². The van der Waals surface area contributed by atoms with Crippen molar-refractivity contribution >= 4 is 11.7 Å². The van der Waals surface area contributed by atoms with Gasteiger partial charge in [0.05, 0.1) is 18.6 Å². The molecule has 3 rings (SSSR count). The molecule has 0 saturated heterocycles. The molecular formula is C25H30N2O5. The van der Waals surface area contributed by atoms with Gasteiger partial charge in [-0.3, -0.25) is 4.79 Å². The van der Waals surface area contributed by atoms with Gasteiger partial charge in [-0.15, -0.1) is 0 Å². The first kappa shape index (κ1) is 23.2. The normalized spacial score (nSPS) is 11.0. The van der Waals surface area contributed by atoms with Gasteiger partial charge in [0.25, 0.3) is 0 Å². The van der Waals surface area contributed by atoms with E-state index in [9.17, 15) is 4.79 Å². The maximum atomic E-state index is 10.6. The number of aromatic nitrogens is 1. The van der Waals surface area contributed by atoms with Crippen LogP contribution in [0, 0.1) is 0 Å². The number of carbonyl (C=O) groups is 1. The molecular weight excluding hydrogens is 408 g/mol. The summed E-state index contributed by atoms with van der Waals surface area (Å²) in [4.78, 5) is 12.8. The number of hydrogen-bond acceptors (Lipinski definition) is 6. The van der Waals surface area contributed by atoms with Gasteiger partial charge in [0.1, 0.15) is 11.4 Å². The number of hydrogen-bond donors (Lipinski definition) is 1. The van der Waals surface area contributed by atoms with Crippen LogP contribution in [0.3, 0.4) is 0 Å². The minimum Gasteiger partial charge on any atom is -0.493 e. The topological polar surface area (TPSA) is 88.9 Å². The van der Waals surface area contributed by atoms with Crippen LogP contribution in [-0.4, -0.2) is 33.8 Å². The number of unbranched alkanes of at least 4 members (excludes halogenated alkanes) is 2. The van der Waals surface area contributed by atoms with Gasteiger partial charge in [-0.25, -0.2) is 0 Å². The highest BCUT2D eigenvalue weighted by Crippen LogP contribution is 2.29. The molecule has 0 amide bonds. The molecule has 0 fully saturated rings. The number of para-hydroxylation sites is 1. The van der Waals surface area contributed by atoms with E-state index in [0.717, 1.165) is 29.9 Å². The molecule has 0 unspecified atom stereocenters. The first-order chi connectivity index (χ1) is 15.5. The predicted octanol–water partition coefficient (Wildman–Crippen LogP) is 5.84. The number of carboxylic acids is 1. The Balaban J connectivity index is 1.64. The maximum Gasteiger partial charge on any atom is 0.303 e. The van der Waals surface area contributed by atoms with Crippen molar-refractivity contribution in [2.24, 2.45) is 0 Å². The molecule has 0 aliphatic heterocycles. The van der Waals surface area contributed by atoms with E-state index in [-0.39, 0.29) is 12.5 Å². The third-order valence-electron chi connectivity index (χ3n) is 5.15. The zero-order valence-corrected chi connectivity index (χ0v) is 18.6. The Morgan fingerprint density at radius 1 is 1.16 bits per heavy atom. The molecule has 0 saturated carbocycles. The molecule has 0 atom stereocenters. The minimum absolute atomic E-state index is 0.176. The van der Waals surface area contributed by atoms with Crippen LogP contribution < -0.4 is 4.74 Å². The number of benzene rings is 1. The first-order valence-corrected chi connectivity index (χ1v) is 10.8. The summed E-state index contributed by atoms with van der Waals surface area (Å²) in [6.07, 6.45) is 4.10. The molecule has 7 nitrogen and oxygen atoms in total. The van der Waals surface area contributed by atoms with Crippen LogP contribution in [0.15, 0.2) is 64.2 Å². The Bertz CT molecular complexity index is 1010. The molecule has 0 radical (unpaired) electrons. The molecule has 170 valence electrons. The molecule has 32 heavy (non-hydrogen) atoms. The fourth-order valence-corrected chi connectivity index (χ4v) is 3.38. The Morgan fingerprint density at radius 2 is 1.97 bits per heavy atom. The number of carboxylic acid groups (broad SMARTS) is 1. The summed E-state index contributed by atoms with van der Waals surface area (Å²) in [7, 11) is 0. The van der Waals surface area contributed by atoms with Gasteiger partial charge in [-0.05, 0) is 51.3 Å².